The summed E-state index contributed by atoms with van der Waals surface area (Å²) >= 11 is 1.51. The summed E-state index contributed by atoms with van der Waals surface area (Å²) in [5.41, 5.74) is -0.766. The second kappa shape index (κ2) is 4.17. The Hall–Kier alpha value is -2.66. The molecule has 0 atom stereocenters. The van der Waals surface area contributed by atoms with Crippen molar-refractivity contribution in [2.24, 2.45) is 0 Å². The van der Waals surface area contributed by atoms with Gasteiger partial charge in [0.05, 0.1) is 10.2 Å². The van der Waals surface area contributed by atoms with Gasteiger partial charge in [-0.05, 0) is 24.3 Å². The molecule has 4 nitrogen and oxygen atoms in total. The molecule has 4 rings (SSSR count). The van der Waals surface area contributed by atoms with E-state index < -0.39 is 16.3 Å². The molecule has 4 aromatic rings. The number of nitrogens with zero attached hydrogens (tertiary/aromatic N) is 1. The zero-order valence-corrected chi connectivity index (χ0v) is 11.4. The lowest BCUT2D eigenvalue weighted by atomic mass is 10.1. The fourth-order valence-corrected chi connectivity index (χ4v) is 3.37. The number of hydrogen-bond acceptors (Lipinski definition) is 5. The minimum atomic E-state index is -0.952. The molecule has 1 heterocycles. The predicted molar refractivity (Wildman–Crippen MR) is 83.7 cm³/mol. The van der Waals surface area contributed by atoms with Crippen LogP contribution in [0.25, 0.3) is 31.6 Å². The van der Waals surface area contributed by atoms with E-state index in [2.05, 4.69) is 4.98 Å². The fourth-order valence-electron chi connectivity index (χ4n) is 2.41. The number of thiazole rings is 1. The zero-order valence-electron chi connectivity index (χ0n) is 10.6. The summed E-state index contributed by atoms with van der Waals surface area (Å²) in [4.78, 5) is 39.3. The molecule has 0 saturated heterocycles. The van der Waals surface area contributed by atoms with Crippen LogP contribution in [-0.4, -0.2) is 4.98 Å². The highest BCUT2D eigenvalue weighted by molar-refractivity contribution is 7.21. The van der Waals surface area contributed by atoms with Crippen LogP contribution in [0.2, 0.25) is 0 Å². The Labute approximate surface area is 121 Å². The maximum Gasteiger partial charge on any atom is 0.273 e. The highest BCUT2D eigenvalue weighted by atomic mass is 32.1. The van der Waals surface area contributed by atoms with Gasteiger partial charge in [-0.3, -0.25) is 14.4 Å². The predicted octanol–water partition coefficient (Wildman–Crippen LogP) is 2.07. The van der Waals surface area contributed by atoms with Crippen LogP contribution in [0, 0.1) is 0 Å². The summed E-state index contributed by atoms with van der Waals surface area (Å²) in [6.07, 6.45) is 0. The van der Waals surface area contributed by atoms with Crippen LogP contribution >= 0.6 is 11.3 Å². The largest absolute Gasteiger partial charge is 0.285 e. The lowest BCUT2D eigenvalue weighted by Crippen LogP contribution is -2.29. The lowest BCUT2D eigenvalue weighted by molar-refractivity contribution is 1.48. The van der Waals surface area contributed by atoms with Gasteiger partial charge in [0.2, 0.25) is 10.9 Å². The SMILES string of the molecule is O=c1c(=O)c2ccc(-c3nc4ccccc4s3)cc2c1=O. The van der Waals surface area contributed by atoms with E-state index in [-0.39, 0.29) is 10.8 Å². The first-order valence-electron chi connectivity index (χ1n) is 6.28. The first-order chi connectivity index (χ1) is 10.1. The van der Waals surface area contributed by atoms with Crippen molar-refractivity contribution in [2.45, 2.75) is 0 Å². The molecule has 0 aliphatic heterocycles. The molecule has 100 valence electrons. The molecule has 0 fully saturated rings. The van der Waals surface area contributed by atoms with Crippen LogP contribution in [0.3, 0.4) is 0 Å². The van der Waals surface area contributed by atoms with E-state index in [4.69, 9.17) is 0 Å². The molecule has 0 aliphatic carbocycles. The Balaban J connectivity index is 2.02. The van der Waals surface area contributed by atoms with Crippen molar-refractivity contribution < 1.29 is 0 Å². The molecule has 0 amide bonds. The molecule has 0 bridgehead atoms. The van der Waals surface area contributed by atoms with E-state index in [0.29, 0.717) is 0 Å². The van der Waals surface area contributed by atoms with Gasteiger partial charge >= 0.3 is 0 Å². The second-order valence-electron chi connectivity index (χ2n) is 4.73. The molecule has 0 unspecified atom stereocenters. The third kappa shape index (κ3) is 1.68. The number of aromatic nitrogens is 1. The Morgan fingerprint density at radius 1 is 0.810 bits per heavy atom. The highest BCUT2D eigenvalue weighted by Gasteiger charge is 2.14. The average Bonchev–Trinajstić information content (AvgIpc) is 3.03. The van der Waals surface area contributed by atoms with Crippen LogP contribution in [0.4, 0.5) is 0 Å². The Morgan fingerprint density at radius 3 is 2.38 bits per heavy atom. The summed E-state index contributed by atoms with van der Waals surface area (Å²) in [7, 11) is 0. The van der Waals surface area contributed by atoms with Gasteiger partial charge in [-0.15, -0.1) is 11.3 Å². The van der Waals surface area contributed by atoms with Crippen molar-refractivity contribution in [2.75, 3.05) is 0 Å². The van der Waals surface area contributed by atoms with Crippen molar-refractivity contribution in [1.82, 2.24) is 4.98 Å². The molecule has 5 heteroatoms. The van der Waals surface area contributed by atoms with Gasteiger partial charge in [0.1, 0.15) is 5.01 Å². The van der Waals surface area contributed by atoms with E-state index in [0.717, 1.165) is 20.8 Å². The standard InChI is InChI=1S/C16H7NO3S/c18-13-9-6-5-8(7-10(9)14(19)15(13)20)16-17-11-3-1-2-4-12(11)21-16/h1-7H. The van der Waals surface area contributed by atoms with Gasteiger partial charge in [-0.2, -0.15) is 0 Å². The molecular formula is C16H7NO3S. The van der Waals surface area contributed by atoms with Crippen molar-refractivity contribution in [1.29, 1.82) is 0 Å². The topological polar surface area (TPSA) is 64.1 Å². The zero-order chi connectivity index (χ0) is 14.6. The minimum absolute atomic E-state index is 0.182. The summed E-state index contributed by atoms with van der Waals surface area (Å²) in [5, 5.41) is 1.13. The van der Waals surface area contributed by atoms with E-state index in [1.165, 1.54) is 17.4 Å². The van der Waals surface area contributed by atoms with Gasteiger partial charge in [0.15, 0.2) is 0 Å². The number of benzene rings is 2. The quantitative estimate of drug-likeness (QED) is 0.504. The molecular weight excluding hydrogens is 286 g/mol. The van der Waals surface area contributed by atoms with Gasteiger partial charge in [0.25, 0.3) is 5.43 Å². The van der Waals surface area contributed by atoms with E-state index >= 15 is 0 Å². The van der Waals surface area contributed by atoms with Gasteiger partial charge in [0, 0.05) is 16.3 Å². The van der Waals surface area contributed by atoms with E-state index in [1.54, 1.807) is 12.1 Å². The Kier molecular flexibility index (Phi) is 2.40. The maximum absolute atomic E-state index is 11.8. The van der Waals surface area contributed by atoms with Crippen molar-refractivity contribution in [3.8, 4) is 10.6 Å². The monoisotopic (exact) mass is 293 g/mol. The van der Waals surface area contributed by atoms with Gasteiger partial charge in [-0.25, -0.2) is 4.98 Å². The molecule has 3 aromatic carbocycles. The highest BCUT2D eigenvalue weighted by Crippen LogP contribution is 2.30. The summed E-state index contributed by atoms with van der Waals surface area (Å²) in [6.45, 7) is 0. The van der Waals surface area contributed by atoms with Crippen LogP contribution in [-0.2, 0) is 0 Å². The number of fused-ring (bicyclic) bond motifs is 2. The summed E-state index contributed by atoms with van der Waals surface area (Å²) in [5.74, 6) is 0. The molecule has 0 radical (unpaired) electrons. The number of hydrogen-bond donors (Lipinski definition) is 0. The van der Waals surface area contributed by atoms with Crippen LogP contribution in [0.5, 0.6) is 0 Å². The normalized spacial score (nSPS) is 11.4. The third-order valence-electron chi connectivity index (χ3n) is 3.46. The lowest BCUT2D eigenvalue weighted by Gasteiger charge is -1.95. The van der Waals surface area contributed by atoms with E-state index in [1.807, 2.05) is 24.3 Å². The first-order valence-corrected chi connectivity index (χ1v) is 7.10. The van der Waals surface area contributed by atoms with Crippen molar-refractivity contribution in [3.05, 3.63) is 73.1 Å². The second-order valence-corrected chi connectivity index (χ2v) is 5.77. The molecule has 0 spiro atoms. The maximum atomic E-state index is 11.8. The Bertz CT molecular complexity index is 1120. The smallest absolute Gasteiger partial charge is 0.273 e. The Morgan fingerprint density at radius 2 is 1.57 bits per heavy atom. The van der Waals surface area contributed by atoms with Crippen LogP contribution in [0.1, 0.15) is 0 Å². The number of rotatable bonds is 1. The number of para-hydroxylation sites is 1. The minimum Gasteiger partial charge on any atom is -0.285 e. The average molecular weight is 293 g/mol. The first kappa shape index (κ1) is 12.1. The van der Waals surface area contributed by atoms with Gasteiger partial charge < -0.3 is 0 Å². The van der Waals surface area contributed by atoms with Crippen LogP contribution < -0.4 is 16.3 Å². The van der Waals surface area contributed by atoms with E-state index in [9.17, 15) is 14.4 Å². The summed E-state index contributed by atoms with van der Waals surface area (Å²) in [6, 6.07) is 12.6. The fraction of sp³-hybridized carbons (Fsp3) is 0. The third-order valence-corrected chi connectivity index (χ3v) is 4.55. The van der Waals surface area contributed by atoms with Crippen molar-refractivity contribution >= 4 is 32.3 Å². The molecule has 0 aliphatic rings. The summed E-state index contributed by atoms with van der Waals surface area (Å²) < 4.78 is 1.05. The van der Waals surface area contributed by atoms with Crippen molar-refractivity contribution in [3.63, 3.8) is 0 Å². The molecule has 21 heavy (non-hydrogen) atoms. The van der Waals surface area contributed by atoms with Crippen LogP contribution in [0.15, 0.2) is 56.8 Å². The van der Waals surface area contributed by atoms with Gasteiger partial charge in [-0.1, -0.05) is 18.2 Å². The molecule has 1 aromatic heterocycles. The molecule has 0 N–H and O–H groups in total. The molecule has 0 saturated carbocycles.